The highest BCUT2D eigenvalue weighted by Crippen LogP contribution is 2.31. The van der Waals surface area contributed by atoms with Crippen molar-refractivity contribution in [2.45, 2.75) is 13.5 Å². The van der Waals surface area contributed by atoms with Crippen molar-refractivity contribution >= 4 is 27.3 Å². The van der Waals surface area contributed by atoms with Gasteiger partial charge in [-0.1, -0.05) is 22.9 Å². The lowest BCUT2D eigenvalue weighted by Crippen LogP contribution is -2.10. The average Bonchev–Trinajstić information content (AvgIpc) is 2.78. The Bertz CT molecular complexity index is 513. The molecule has 5 heteroatoms. The third kappa shape index (κ3) is 3.12. The Labute approximate surface area is 112 Å². The van der Waals surface area contributed by atoms with Crippen LogP contribution in [0, 0.1) is 5.82 Å². The molecule has 0 saturated heterocycles. The molecule has 1 heterocycles. The van der Waals surface area contributed by atoms with Crippen molar-refractivity contribution in [3.63, 3.8) is 0 Å². The van der Waals surface area contributed by atoms with Crippen molar-refractivity contribution in [2.75, 3.05) is 6.54 Å². The quantitative estimate of drug-likeness (QED) is 0.928. The smallest absolute Gasteiger partial charge is 0.124 e. The third-order valence-electron chi connectivity index (χ3n) is 2.26. The van der Waals surface area contributed by atoms with Gasteiger partial charge in [0.15, 0.2) is 0 Å². The molecule has 1 aromatic heterocycles. The first kappa shape index (κ1) is 12.7. The lowest BCUT2D eigenvalue weighted by atomic mass is 10.2. The fraction of sp³-hybridized carbons (Fsp3) is 0.250. The number of rotatable bonds is 4. The molecule has 2 nitrogen and oxygen atoms in total. The number of aromatic nitrogens is 1. The van der Waals surface area contributed by atoms with Gasteiger partial charge in [0.05, 0.1) is 0 Å². The second-order valence-corrected chi connectivity index (χ2v) is 5.51. The molecule has 0 aliphatic heterocycles. The normalized spacial score (nSPS) is 10.8. The SMILES string of the molecule is CCNCc1cnc(-c2cc(F)ccc2Br)s1. The van der Waals surface area contributed by atoms with Crippen molar-refractivity contribution in [2.24, 2.45) is 0 Å². The second kappa shape index (κ2) is 5.71. The fourth-order valence-electron chi connectivity index (χ4n) is 1.42. The van der Waals surface area contributed by atoms with Crippen LogP contribution in [0.25, 0.3) is 10.6 Å². The molecule has 0 bridgehead atoms. The van der Waals surface area contributed by atoms with Gasteiger partial charge >= 0.3 is 0 Å². The summed E-state index contributed by atoms with van der Waals surface area (Å²) in [5.74, 6) is -0.244. The zero-order valence-corrected chi connectivity index (χ0v) is 11.7. The molecule has 0 unspecified atom stereocenters. The first-order valence-corrected chi connectivity index (χ1v) is 6.92. The molecule has 0 atom stereocenters. The first-order valence-electron chi connectivity index (χ1n) is 5.31. The summed E-state index contributed by atoms with van der Waals surface area (Å²) in [5, 5.41) is 4.08. The van der Waals surface area contributed by atoms with Gasteiger partial charge in [0, 0.05) is 27.7 Å². The Hall–Kier alpha value is -0.780. The van der Waals surface area contributed by atoms with E-state index in [1.54, 1.807) is 17.4 Å². The van der Waals surface area contributed by atoms with Crippen LogP contribution in [-0.2, 0) is 6.54 Å². The van der Waals surface area contributed by atoms with Crippen LogP contribution in [0.1, 0.15) is 11.8 Å². The van der Waals surface area contributed by atoms with Crippen molar-refractivity contribution in [3.8, 4) is 10.6 Å². The Morgan fingerprint density at radius 1 is 1.47 bits per heavy atom. The summed E-state index contributed by atoms with van der Waals surface area (Å²) in [5.41, 5.74) is 0.803. The van der Waals surface area contributed by atoms with Gasteiger partial charge in [-0.15, -0.1) is 11.3 Å². The number of nitrogens with one attached hydrogen (secondary N) is 1. The highest BCUT2D eigenvalue weighted by atomic mass is 79.9. The molecular formula is C12H12BrFN2S. The summed E-state index contributed by atoms with van der Waals surface area (Å²) in [7, 11) is 0. The van der Waals surface area contributed by atoms with E-state index in [0.717, 1.165) is 33.0 Å². The number of thiazole rings is 1. The summed E-state index contributed by atoms with van der Waals surface area (Å²) in [6, 6.07) is 4.64. The Morgan fingerprint density at radius 3 is 3.06 bits per heavy atom. The number of nitrogens with zero attached hydrogens (tertiary/aromatic N) is 1. The van der Waals surface area contributed by atoms with Crippen LogP contribution in [0.5, 0.6) is 0 Å². The molecular weight excluding hydrogens is 303 g/mol. The molecule has 90 valence electrons. The predicted molar refractivity (Wildman–Crippen MR) is 72.6 cm³/mol. The molecule has 2 rings (SSSR count). The second-order valence-electron chi connectivity index (χ2n) is 3.54. The third-order valence-corrected chi connectivity index (χ3v) is 3.98. The zero-order chi connectivity index (χ0) is 12.3. The van der Waals surface area contributed by atoms with Crippen molar-refractivity contribution in [1.82, 2.24) is 10.3 Å². The van der Waals surface area contributed by atoms with Crippen molar-refractivity contribution in [3.05, 3.63) is 39.6 Å². The van der Waals surface area contributed by atoms with Crippen LogP contribution < -0.4 is 5.32 Å². The summed E-state index contributed by atoms with van der Waals surface area (Å²) in [6.45, 7) is 3.79. The molecule has 0 saturated carbocycles. The first-order chi connectivity index (χ1) is 8.20. The predicted octanol–water partition coefficient (Wildman–Crippen LogP) is 3.82. The lowest BCUT2D eigenvalue weighted by Gasteiger charge is -2.00. The summed E-state index contributed by atoms with van der Waals surface area (Å²) in [4.78, 5) is 5.47. The molecule has 1 aromatic carbocycles. The summed E-state index contributed by atoms with van der Waals surface area (Å²) >= 11 is 4.99. The van der Waals surface area contributed by atoms with Gasteiger partial charge in [-0.25, -0.2) is 9.37 Å². The Balaban J connectivity index is 2.27. The average molecular weight is 315 g/mol. The standard InChI is InChI=1S/C12H12BrFN2S/c1-2-15-6-9-7-16-12(17-9)10-5-8(14)3-4-11(10)13/h3-5,7,15H,2,6H2,1H3. The molecule has 2 aromatic rings. The number of hydrogen-bond acceptors (Lipinski definition) is 3. The van der Waals surface area contributed by atoms with Crippen LogP contribution in [0.4, 0.5) is 4.39 Å². The van der Waals surface area contributed by atoms with Crippen LogP contribution >= 0.6 is 27.3 Å². The van der Waals surface area contributed by atoms with Gasteiger partial charge in [0.1, 0.15) is 10.8 Å². The molecule has 0 amide bonds. The minimum atomic E-state index is -0.244. The maximum absolute atomic E-state index is 13.2. The largest absolute Gasteiger partial charge is 0.312 e. The molecule has 0 aliphatic carbocycles. The number of halogens is 2. The topological polar surface area (TPSA) is 24.9 Å². The lowest BCUT2D eigenvalue weighted by molar-refractivity contribution is 0.628. The van der Waals surface area contributed by atoms with E-state index < -0.39 is 0 Å². The van der Waals surface area contributed by atoms with E-state index >= 15 is 0 Å². The molecule has 0 spiro atoms. The molecule has 17 heavy (non-hydrogen) atoms. The van der Waals surface area contributed by atoms with E-state index in [1.807, 2.05) is 6.20 Å². The van der Waals surface area contributed by atoms with Gasteiger partial charge in [-0.05, 0) is 24.7 Å². The highest BCUT2D eigenvalue weighted by molar-refractivity contribution is 9.10. The summed E-state index contributed by atoms with van der Waals surface area (Å²) in [6.07, 6.45) is 1.83. The molecule has 0 aliphatic rings. The fourth-order valence-corrected chi connectivity index (χ4v) is 2.90. The van der Waals surface area contributed by atoms with Crippen molar-refractivity contribution in [1.29, 1.82) is 0 Å². The summed E-state index contributed by atoms with van der Waals surface area (Å²) < 4.78 is 14.1. The minimum absolute atomic E-state index is 0.244. The van der Waals surface area contributed by atoms with Gasteiger partial charge in [-0.3, -0.25) is 0 Å². The highest BCUT2D eigenvalue weighted by Gasteiger charge is 2.09. The minimum Gasteiger partial charge on any atom is -0.312 e. The van der Waals surface area contributed by atoms with E-state index in [-0.39, 0.29) is 5.82 Å². The maximum Gasteiger partial charge on any atom is 0.124 e. The van der Waals surface area contributed by atoms with Crippen LogP contribution in [-0.4, -0.2) is 11.5 Å². The molecule has 0 fully saturated rings. The van der Waals surface area contributed by atoms with Gasteiger partial charge in [0.2, 0.25) is 0 Å². The van der Waals surface area contributed by atoms with Crippen LogP contribution in [0.15, 0.2) is 28.9 Å². The zero-order valence-electron chi connectivity index (χ0n) is 9.34. The van der Waals surface area contributed by atoms with Gasteiger partial charge in [-0.2, -0.15) is 0 Å². The van der Waals surface area contributed by atoms with Crippen LogP contribution in [0.2, 0.25) is 0 Å². The van der Waals surface area contributed by atoms with E-state index in [1.165, 1.54) is 12.1 Å². The number of hydrogen-bond donors (Lipinski definition) is 1. The Morgan fingerprint density at radius 2 is 2.29 bits per heavy atom. The molecule has 0 radical (unpaired) electrons. The molecule has 1 N–H and O–H groups in total. The maximum atomic E-state index is 13.2. The van der Waals surface area contributed by atoms with Gasteiger partial charge in [0.25, 0.3) is 0 Å². The van der Waals surface area contributed by atoms with E-state index in [9.17, 15) is 4.39 Å². The van der Waals surface area contributed by atoms with Crippen LogP contribution in [0.3, 0.4) is 0 Å². The monoisotopic (exact) mass is 314 g/mol. The van der Waals surface area contributed by atoms with Crippen molar-refractivity contribution < 1.29 is 4.39 Å². The van der Waals surface area contributed by atoms with E-state index in [2.05, 4.69) is 33.2 Å². The Kier molecular flexibility index (Phi) is 4.25. The van der Waals surface area contributed by atoms with Gasteiger partial charge < -0.3 is 5.32 Å². The van der Waals surface area contributed by atoms with E-state index in [0.29, 0.717) is 0 Å². The van der Waals surface area contributed by atoms with E-state index in [4.69, 9.17) is 0 Å². The number of benzene rings is 1.